The van der Waals surface area contributed by atoms with Crippen molar-refractivity contribution >= 4 is 5.91 Å². The molecule has 2 saturated heterocycles. The number of carbonyl (C=O) groups is 1. The Kier molecular flexibility index (Phi) is 4.15. The first kappa shape index (κ1) is 14.4. The van der Waals surface area contributed by atoms with Gasteiger partial charge >= 0.3 is 0 Å². The van der Waals surface area contributed by atoms with Crippen LogP contribution in [0.4, 0.5) is 0 Å². The second-order valence-electron chi connectivity index (χ2n) is 6.32. The lowest BCUT2D eigenvalue weighted by molar-refractivity contribution is -0.144. The fraction of sp³-hybridized carbons (Fsp3) is 0.588. The largest absolute Gasteiger partial charge is 0.472 e. The van der Waals surface area contributed by atoms with E-state index in [0.29, 0.717) is 18.9 Å². The highest BCUT2D eigenvalue weighted by Gasteiger charge is 2.44. The summed E-state index contributed by atoms with van der Waals surface area (Å²) in [7, 11) is 0. The second kappa shape index (κ2) is 6.06. The molecule has 4 heteroatoms. The van der Waals surface area contributed by atoms with Crippen molar-refractivity contribution in [1.29, 1.82) is 0 Å². The van der Waals surface area contributed by atoms with Crippen molar-refractivity contribution in [1.82, 2.24) is 9.80 Å². The average Bonchev–Trinajstić information content (AvgIpc) is 2.96. The van der Waals surface area contributed by atoms with E-state index in [4.69, 9.17) is 4.42 Å². The maximum absolute atomic E-state index is 12.3. The molecule has 2 fully saturated rings. The van der Waals surface area contributed by atoms with Gasteiger partial charge in [0.2, 0.25) is 5.91 Å². The Morgan fingerprint density at radius 2 is 2.24 bits per heavy atom. The van der Waals surface area contributed by atoms with E-state index in [2.05, 4.69) is 16.4 Å². The minimum Gasteiger partial charge on any atom is -0.472 e. The molecule has 0 unspecified atom stereocenters. The maximum atomic E-state index is 12.3. The van der Waals surface area contributed by atoms with Crippen LogP contribution in [0.5, 0.6) is 0 Å². The van der Waals surface area contributed by atoms with Crippen molar-refractivity contribution in [2.75, 3.05) is 19.6 Å². The Labute approximate surface area is 126 Å². The minimum absolute atomic E-state index is 0.0194. The van der Waals surface area contributed by atoms with Crippen LogP contribution < -0.4 is 0 Å². The van der Waals surface area contributed by atoms with E-state index in [0.717, 1.165) is 45.3 Å². The highest BCUT2D eigenvalue weighted by atomic mass is 16.3. The molecule has 21 heavy (non-hydrogen) atoms. The Morgan fingerprint density at radius 3 is 3.00 bits per heavy atom. The van der Waals surface area contributed by atoms with E-state index >= 15 is 0 Å². The van der Waals surface area contributed by atoms with Crippen LogP contribution >= 0.6 is 0 Å². The van der Waals surface area contributed by atoms with Crippen LogP contribution in [-0.4, -0.2) is 40.9 Å². The van der Waals surface area contributed by atoms with Crippen molar-refractivity contribution in [2.45, 2.75) is 44.2 Å². The summed E-state index contributed by atoms with van der Waals surface area (Å²) in [6.07, 6.45) is 10.5. The molecule has 0 radical (unpaired) electrons. The van der Waals surface area contributed by atoms with Gasteiger partial charge in [-0.1, -0.05) is 6.08 Å². The van der Waals surface area contributed by atoms with Gasteiger partial charge in [0.05, 0.1) is 18.1 Å². The fourth-order valence-corrected chi connectivity index (χ4v) is 3.93. The summed E-state index contributed by atoms with van der Waals surface area (Å²) in [4.78, 5) is 16.9. The van der Waals surface area contributed by atoms with Crippen LogP contribution in [0.25, 0.3) is 0 Å². The molecule has 1 amide bonds. The first-order valence-corrected chi connectivity index (χ1v) is 7.88. The molecule has 3 heterocycles. The van der Waals surface area contributed by atoms with Gasteiger partial charge in [0.15, 0.2) is 0 Å². The normalized spacial score (nSPS) is 27.2. The summed E-state index contributed by atoms with van der Waals surface area (Å²) in [6, 6.07) is 2.02. The van der Waals surface area contributed by atoms with Crippen LogP contribution in [0.3, 0.4) is 0 Å². The Hall–Kier alpha value is -1.55. The minimum atomic E-state index is 0.0194. The zero-order valence-electron chi connectivity index (χ0n) is 12.6. The molecule has 0 saturated carbocycles. The highest BCUT2D eigenvalue weighted by molar-refractivity contribution is 5.78. The van der Waals surface area contributed by atoms with E-state index in [1.807, 2.05) is 18.4 Å². The first-order valence-electron chi connectivity index (χ1n) is 7.88. The van der Waals surface area contributed by atoms with Crippen LogP contribution in [0.15, 0.2) is 35.7 Å². The third kappa shape index (κ3) is 2.91. The lowest BCUT2D eigenvalue weighted by Crippen LogP contribution is -2.62. The van der Waals surface area contributed by atoms with E-state index in [-0.39, 0.29) is 5.54 Å². The molecule has 0 N–H and O–H groups in total. The number of rotatable bonds is 4. The van der Waals surface area contributed by atoms with Crippen LogP contribution in [0.2, 0.25) is 0 Å². The quantitative estimate of drug-likeness (QED) is 0.799. The topological polar surface area (TPSA) is 36.7 Å². The SMILES string of the molecule is C=CCN1C(=O)CCC[C@@]12CCCN(Cc1ccoc1)C2. The van der Waals surface area contributed by atoms with Crippen molar-refractivity contribution in [2.24, 2.45) is 0 Å². The Morgan fingerprint density at radius 1 is 1.38 bits per heavy atom. The molecule has 0 bridgehead atoms. The molecule has 1 atom stereocenters. The lowest BCUT2D eigenvalue weighted by Gasteiger charge is -2.52. The Balaban J connectivity index is 1.75. The van der Waals surface area contributed by atoms with E-state index in [9.17, 15) is 4.79 Å². The molecule has 114 valence electrons. The number of hydrogen-bond donors (Lipinski definition) is 0. The first-order chi connectivity index (χ1) is 10.2. The van der Waals surface area contributed by atoms with Crippen LogP contribution in [-0.2, 0) is 11.3 Å². The molecule has 2 aliphatic rings. The number of carbonyl (C=O) groups excluding carboxylic acids is 1. The van der Waals surface area contributed by atoms with Crippen molar-refractivity contribution in [3.05, 3.63) is 36.8 Å². The van der Waals surface area contributed by atoms with Gasteiger partial charge in [-0.25, -0.2) is 0 Å². The van der Waals surface area contributed by atoms with Crippen molar-refractivity contribution < 1.29 is 9.21 Å². The number of piperidine rings is 2. The number of hydrogen-bond acceptors (Lipinski definition) is 3. The molecule has 1 aromatic heterocycles. The van der Waals surface area contributed by atoms with Gasteiger partial charge < -0.3 is 9.32 Å². The van der Waals surface area contributed by atoms with E-state index < -0.39 is 0 Å². The molecule has 1 aromatic rings. The molecule has 2 aliphatic heterocycles. The van der Waals surface area contributed by atoms with E-state index in [1.165, 1.54) is 5.56 Å². The third-order valence-corrected chi connectivity index (χ3v) is 4.84. The summed E-state index contributed by atoms with van der Waals surface area (Å²) in [5.41, 5.74) is 1.23. The van der Waals surface area contributed by atoms with Gasteiger partial charge in [0, 0.05) is 31.6 Å². The van der Waals surface area contributed by atoms with Crippen molar-refractivity contribution in [3.8, 4) is 0 Å². The number of likely N-dealkylation sites (tertiary alicyclic amines) is 2. The molecule has 0 aromatic carbocycles. The second-order valence-corrected chi connectivity index (χ2v) is 6.32. The predicted octanol–water partition coefficient (Wildman–Crippen LogP) is 2.81. The van der Waals surface area contributed by atoms with Gasteiger partial charge in [-0.05, 0) is 38.3 Å². The summed E-state index contributed by atoms with van der Waals surface area (Å²) < 4.78 is 5.17. The monoisotopic (exact) mass is 288 g/mol. The molecule has 1 spiro atoms. The molecule has 0 aliphatic carbocycles. The summed E-state index contributed by atoms with van der Waals surface area (Å²) in [5, 5.41) is 0. The van der Waals surface area contributed by atoms with Gasteiger partial charge in [0.25, 0.3) is 0 Å². The molecule has 3 rings (SSSR count). The molecular formula is C17H24N2O2. The zero-order valence-corrected chi connectivity index (χ0v) is 12.6. The van der Waals surface area contributed by atoms with Crippen molar-refractivity contribution in [3.63, 3.8) is 0 Å². The molecule has 4 nitrogen and oxygen atoms in total. The third-order valence-electron chi connectivity index (χ3n) is 4.84. The standard InChI is InChI=1S/C17H24N2O2/c1-2-9-19-16(20)5-3-7-17(19)8-4-10-18(14-17)12-15-6-11-21-13-15/h2,6,11,13H,1,3-5,7-10,12,14H2/t17-/m0/s1. The maximum Gasteiger partial charge on any atom is 0.223 e. The van der Waals surface area contributed by atoms with Crippen LogP contribution in [0, 0.1) is 0 Å². The van der Waals surface area contributed by atoms with Gasteiger partial charge in [-0.15, -0.1) is 6.58 Å². The van der Waals surface area contributed by atoms with Gasteiger partial charge in [-0.3, -0.25) is 9.69 Å². The highest BCUT2D eigenvalue weighted by Crippen LogP contribution is 2.37. The number of nitrogens with zero attached hydrogens (tertiary/aromatic N) is 2. The predicted molar refractivity (Wildman–Crippen MR) is 81.7 cm³/mol. The smallest absolute Gasteiger partial charge is 0.223 e. The summed E-state index contributed by atoms with van der Waals surface area (Å²) in [5.74, 6) is 0.298. The number of furan rings is 1. The van der Waals surface area contributed by atoms with Gasteiger partial charge in [-0.2, -0.15) is 0 Å². The van der Waals surface area contributed by atoms with Crippen LogP contribution in [0.1, 0.15) is 37.7 Å². The lowest BCUT2D eigenvalue weighted by atomic mass is 9.79. The number of amides is 1. The summed E-state index contributed by atoms with van der Waals surface area (Å²) in [6.45, 7) is 7.49. The zero-order chi connectivity index (χ0) is 14.7. The fourth-order valence-electron chi connectivity index (χ4n) is 3.93. The summed E-state index contributed by atoms with van der Waals surface area (Å²) >= 11 is 0. The average molecular weight is 288 g/mol. The molecular weight excluding hydrogens is 264 g/mol. The Bertz CT molecular complexity index is 493. The van der Waals surface area contributed by atoms with E-state index in [1.54, 1.807) is 6.26 Å². The van der Waals surface area contributed by atoms with Gasteiger partial charge in [0.1, 0.15) is 0 Å².